The molecule has 0 aromatic carbocycles. The van der Waals surface area contributed by atoms with Crippen molar-refractivity contribution in [2.24, 2.45) is 0 Å². The van der Waals surface area contributed by atoms with Crippen LogP contribution in [-0.4, -0.2) is 40.8 Å². The lowest BCUT2D eigenvalue weighted by Crippen LogP contribution is -2.46. The quantitative estimate of drug-likeness (QED) is 0.510. The molecule has 0 radical (unpaired) electrons. The zero-order chi connectivity index (χ0) is 10.9. The predicted octanol–water partition coefficient (Wildman–Crippen LogP) is 0.765. The summed E-state index contributed by atoms with van der Waals surface area (Å²) >= 11 is 0.934. The van der Waals surface area contributed by atoms with E-state index in [-0.39, 0.29) is 0 Å². The summed E-state index contributed by atoms with van der Waals surface area (Å²) in [5.74, 6) is -0.720. The molecule has 1 aliphatic rings. The van der Waals surface area contributed by atoms with E-state index in [0.717, 1.165) is 16.7 Å². The minimum atomic E-state index is -1.43. The van der Waals surface area contributed by atoms with Crippen molar-refractivity contribution in [1.82, 2.24) is 4.90 Å². The van der Waals surface area contributed by atoms with Gasteiger partial charge in [-0.05, 0) is 13.8 Å². The van der Waals surface area contributed by atoms with Crippen LogP contribution < -0.4 is 0 Å². The van der Waals surface area contributed by atoms with Crippen molar-refractivity contribution in [3.8, 4) is 0 Å². The van der Waals surface area contributed by atoms with Gasteiger partial charge in [-0.25, -0.2) is 9.18 Å². The number of ether oxygens (including phenoxy) is 1. The van der Waals surface area contributed by atoms with Crippen molar-refractivity contribution in [3.63, 3.8) is 0 Å². The number of thioether (sulfide) groups is 1. The summed E-state index contributed by atoms with van der Waals surface area (Å²) in [4.78, 5) is 22.4. The molecule has 1 fully saturated rings. The van der Waals surface area contributed by atoms with Crippen molar-refractivity contribution in [1.29, 1.82) is 0 Å². The molecule has 0 saturated carbocycles. The molecule has 4 nitrogen and oxygen atoms in total. The molecular formula is C8H12FNO3S. The van der Waals surface area contributed by atoms with Gasteiger partial charge in [0.1, 0.15) is 0 Å². The first kappa shape index (κ1) is 11.3. The number of esters is 1. The Kier molecular flexibility index (Phi) is 3.04. The van der Waals surface area contributed by atoms with Crippen LogP contribution in [0.3, 0.4) is 0 Å². The first-order chi connectivity index (χ1) is 6.44. The van der Waals surface area contributed by atoms with Crippen molar-refractivity contribution in [2.45, 2.75) is 30.3 Å². The fourth-order valence-corrected chi connectivity index (χ4v) is 2.60. The maximum absolute atomic E-state index is 13.4. The van der Waals surface area contributed by atoms with Crippen molar-refractivity contribution < 1.29 is 18.7 Å². The lowest BCUT2D eigenvalue weighted by molar-refractivity contribution is -0.151. The van der Waals surface area contributed by atoms with Crippen LogP contribution in [0.1, 0.15) is 13.8 Å². The Bertz CT molecular complexity index is 259. The van der Waals surface area contributed by atoms with Crippen LogP contribution in [0.2, 0.25) is 0 Å². The molecule has 0 bridgehead atoms. The van der Waals surface area contributed by atoms with Gasteiger partial charge in [-0.15, -0.1) is 0 Å². The van der Waals surface area contributed by atoms with Gasteiger partial charge in [0.2, 0.25) is 6.41 Å². The number of rotatable bonds is 2. The molecule has 80 valence electrons. The summed E-state index contributed by atoms with van der Waals surface area (Å²) in [6, 6.07) is -1.13. The molecular weight excluding hydrogens is 209 g/mol. The third-order valence-corrected chi connectivity index (χ3v) is 3.40. The molecule has 14 heavy (non-hydrogen) atoms. The van der Waals surface area contributed by atoms with Crippen LogP contribution in [0.5, 0.6) is 0 Å². The van der Waals surface area contributed by atoms with Crippen LogP contribution in [0, 0.1) is 0 Å². The molecule has 0 aromatic heterocycles. The maximum atomic E-state index is 13.4. The topological polar surface area (TPSA) is 46.6 Å². The highest BCUT2D eigenvalue weighted by atomic mass is 32.2. The van der Waals surface area contributed by atoms with Gasteiger partial charge in [-0.3, -0.25) is 4.79 Å². The summed E-state index contributed by atoms with van der Waals surface area (Å²) in [6.45, 7) is 3.36. The number of amides is 1. The zero-order valence-electron chi connectivity index (χ0n) is 8.19. The fraction of sp³-hybridized carbons (Fsp3) is 0.750. The van der Waals surface area contributed by atoms with E-state index in [1.807, 2.05) is 0 Å². The van der Waals surface area contributed by atoms with Gasteiger partial charge in [0.25, 0.3) is 0 Å². The average molecular weight is 221 g/mol. The van der Waals surface area contributed by atoms with Crippen LogP contribution in [0.25, 0.3) is 0 Å². The van der Waals surface area contributed by atoms with E-state index in [4.69, 9.17) is 0 Å². The Morgan fingerprint density at radius 1 is 1.64 bits per heavy atom. The van der Waals surface area contributed by atoms with E-state index in [9.17, 15) is 14.0 Å². The van der Waals surface area contributed by atoms with Crippen molar-refractivity contribution >= 4 is 24.1 Å². The van der Waals surface area contributed by atoms with Gasteiger partial charge in [0, 0.05) is 0 Å². The normalized spacial score (nSPS) is 30.1. The van der Waals surface area contributed by atoms with E-state index < -0.39 is 22.4 Å². The second-order valence-electron chi connectivity index (χ2n) is 3.40. The van der Waals surface area contributed by atoms with Gasteiger partial charge < -0.3 is 9.64 Å². The van der Waals surface area contributed by atoms with E-state index in [1.165, 1.54) is 7.11 Å². The molecule has 0 aliphatic carbocycles. The van der Waals surface area contributed by atoms with E-state index in [2.05, 4.69) is 4.74 Å². The molecule has 1 aliphatic heterocycles. The van der Waals surface area contributed by atoms with E-state index >= 15 is 0 Å². The molecule has 1 heterocycles. The Morgan fingerprint density at radius 2 is 2.21 bits per heavy atom. The number of nitrogens with zero attached hydrogens (tertiary/aromatic N) is 1. The SMILES string of the molecule is COC(=O)C1C(F)SC(C)(C)N1C=O. The summed E-state index contributed by atoms with van der Waals surface area (Å²) < 4.78 is 17.9. The van der Waals surface area contributed by atoms with E-state index in [1.54, 1.807) is 13.8 Å². The predicted molar refractivity (Wildman–Crippen MR) is 50.3 cm³/mol. The second kappa shape index (κ2) is 3.76. The molecule has 0 N–H and O–H groups in total. The minimum Gasteiger partial charge on any atom is -0.467 e. The van der Waals surface area contributed by atoms with Gasteiger partial charge >= 0.3 is 5.97 Å². The third kappa shape index (κ3) is 1.70. The highest BCUT2D eigenvalue weighted by molar-refractivity contribution is 8.01. The van der Waals surface area contributed by atoms with E-state index in [0.29, 0.717) is 6.41 Å². The van der Waals surface area contributed by atoms with Crippen LogP contribution in [0.15, 0.2) is 0 Å². The highest BCUT2D eigenvalue weighted by Gasteiger charge is 2.51. The molecule has 6 heteroatoms. The Labute approximate surface area is 85.8 Å². The summed E-state index contributed by atoms with van der Waals surface area (Å²) in [7, 11) is 1.17. The molecule has 0 aromatic rings. The molecule has 2 atom stereocenters. The number of methoxy groups -OCH3 is 1. The van der Waals surface area contributed by atoms with Crippen molar-refractivity contribution in [2.75, 3.05) is 7.11 Å². The first-order valence-corrected chi connectivity index (χ1v) is 4.95. The maximum Gasteiger partial charge on any atom is 0.332 e. The molecule has 1 amide bonds. The van der Waals surface area contributed by atoms with Crippen molar-refractivity contribution in [3.05, 3.63) is 0 Å². The van der Waals surface area contributed by atoms with Gasteiger partial charge in [-0.2, -0.15) is 0 Å². The van der Waals surface area contributed by atoms with Gasteiger partial charge in [0.05, 0.1) is 12.0 Å². The number of hydrogen-bond acceptors (Lipinski definition) is 4. The van der Waals surface area contributed by atoms with Gasteiger partial charge in [-0.1, -0.05) is 11.8 Å². The van der Waals surface area contributed by atoms with Crippen LogP contribution >= 0.6 is 11.8 Å². The minimum absolute atomic E-state index is 0.480. The number of hydrogen-bond donors (Lipinski definition) is 0. The number of carbonyl (C=O) groups is 2. The van der Waals surface area contributed by atoms with Crippen LogP contribution in [0.4, 0.5) is 4.39 Å². The molecule has 2 unspecified atom stereocenters. The lowest BCUT2D eigenvalue weighted by Gasteiger charge is -2.28. The van der Waals surface area contributed by atoms with Crippen LogP contribution in [-0.2, 0) is 14.3 Å². The molecule has 1 saturated heterocycles. The molecule has 1 rings (SSSR count). The zero-order valence-corrected chi connectivity index (χ0v) is 9.01. The monoisotopic (exact) mass is 221 g/mol. The first-order valence-electron chi connectivity index (χ1n) is 4.07. The lowest BCUT2D eigenvalue weighted by atomic mass is 10.2. The third-order valence-electron chi connectivity index (χ3n) is 2.13. The smallest absolute Gasteiger partial charge is 0.332 e. The summed E-state index contributed by atoms with van der Waals surface area (Å²) in [5, 5.41) is 0. The Morgan fingerprint density at radius 3 is 2.64 bits per heavy atom. The number of carbonyl (C=O) groups excluding carboxylic acids is 2. The Balaban J connectivity index is 2.94. The van der Waals surface area contributed by atoms with Gasteiger partial charge in [0.15, 0.2) is 11.5 Å². The largest absolute Gasteiger partial charge is 0.467 e. The highest BCUT2D eigenvalue weighted by Crippen LogP contribution is 2.43. The Hall–Kier alpha value is -0.780. The standard InChI is InChI=1S/C8H12FNO3S/c1-8(2)10(4-11)5(6(9)14-8)7(12)13-3/h4-6H,1-3H3. The number of alkyl halides is 1. The number of halogens is 1. The fourth-order valence-electron chi connectivity index (χ4n) is 1.40. The average Bonchev–Trinajstić information content (AvgIpc) is 2.33. The second-order valence-corrected chi connectivity index (χ2v) is 5.08. The summed E-state index contributed by atoms with van der Waals surface area (Å²) in [6.07, 6.45) is 0.480. The molecule has 0 spiro atoms. The summed E-state index contributed by atoms with van der Waals surface area (Å²) in [5.41, 5.74) is -1.43.